The molecule has 0 atom stereocenters. The fourth-order valence-corrected chi connectivity index (χ4v) is 1.50. The number of ether oxygens (including phenoxy) is 2. The Bertz CT molecular complexity index is 488. The Balaban J connectivity index is 2.73. The Kier molecular flexibility index (Phi) is 6.77. The van der Waals surface area contributed by atoms with Gasteiger partial charge in [-0.25, -0.2) is 4.79 Å². The van der Waals surface area contributed by atoms with Crippen LogP contribution in [0.3, 0.4) is 0 Å². The van der Waals surface area contributed by atoms with Crippen LogP contribution in [0.1, 0.15) is 17.3 Å². The molecule has 0 aromatic heterocycles. The second-order valence-electron chi connectivity index (χ2n) is 4.52. The van der Waals surface area contributed by atoms with Crippen LogP contribution < -0.4 is 10.1 Å². The summed E-state index contributed by atoms with van der Waals surface area (Å²) in [4.78, 5) is 23.1. The molecule has 0 fully saturated rings. The van der Waals surface area contributed by atoms with Gasteiger partial charge >= 0.3 is 6.16 Å². The zero-order valence-electron chi connectivity index (χ0n) is 12.1. The van der Waals surface area contributed by atoms with E-state index in [9.17, 15) is 9.59 Å². The van der Waals surface area contributed by atoms with Gasteiger partial charge in [0.1, 0.15) is 11.3 Å². The minimum atomic E-state index is -1.50. The van der Waals surface area contributed by atoms with Crippen LogP contribution in [0.2, 0.25) is 0 Å². The van der Waals surface area contributed by atoms with Crippen LogP contribution in [0.4, 0.5) is 4.79 Å². The second-order valence-corrected chi connectivity index (χ2v) is 4.52. The molecule has 1 rings (SSSR count). The fourth-order valence-electron chi connectivity index (χ4n) is 1.50. The summed E-state index contributed by atoms with van der Waals surface area (Å²) in [5.41, 5.74) is -1.30. The normalized spacial score (nSPS) is 10.9. The lowest BCUT2D eigenvalue weighted by molar-refractivity contribution is 0.0375. The SMILES string of the molecule is CCOC(=O)Oc1ccc(C(=O)NC(CO)(CO)CO)cc1. The summed E-state index contributed by atoms with van der Waals surface area (Å²) in [5, 5.41) is 29.8. The average Bonchev–Trinajstić information content (AvgIpc) is 2.53. The molecular formula is C14H19NO7. The van der Waals surface area contributed by atoms with E-state index in [2.05, 4.69) is 10.1 Å². The van der Waals surface area contributed by atoms with E-state index in [-0.39, 0.29) is 17.9 Å². The lowest BCUT2D eigenvalue weighted by Gasteiger charge is -2.28. The highest BCUT2D eigenvalue weighted by molar-refractivity contribution is 5.94. The highest BCUT2D eigenvalue weighted by atomic mass is 16.7. The van der Waals surface area contributed by atoms with Gasteiger partial charge in [0, 0.05) is 5.56 Å². The molecule has 1 aromatic rings. The molecular weight excluding hydrogens is 294 g/mol. The predicted molar refractivity (Wildman–Crippen MR) is 75.5 cm³/mol. The fraction of sp³-hybridized carbons (Fsp3) is 0.429. The molecule has 122 valence electrons. The minimum absolute atomic E-state index is 0.185. The summed E-state index contributed by atoms with van der Waals surface area (Å²) in [6, 6.07) is 5.57. The quantitative estimate of drug-likeness (QED) is 0.401. The van der Waals surface area contributed by atoms with Crippen LogP contribution in [0, 0.1) is 0 Å². The molecule has 0 saturated carbocycles. The van der Waals surface area contributed by atoms with Crippen LogP contribution >= 0.6 is 0 Å². The number of hydrogen-bond donors (Lipinski definition) is 4. The van der Waals surface area contributed by atoms with E-state index < -0.39 is 37.4 Å². The predicted octanol–water partition coefficient (Wildman–Crippen LogP) is -0.333. The van der Waals surface area contributed by atoms with Crippen molar-refractivity contribution in [2.75, 3.05) is 26.4 Å². The van der Waals surface area contributed by atoms with Crippen LogP contribution in [-0.4, -0.2) is 59.3 Å². The van der Waals surface area contributed by atoms with E-state index in [0.29, 0.717) is 0 Å². The van der Waals surface area contributed by atoms with Crippen molar-refractivity contribution in [3.63, 3.8) is 0 Å². The molecule has 0 aliphatic rings. The summed E-state index contributed by atoms with van der Waals surface area (Å²) in [6.45, 7) is -0.0172. The lowest BCUT2D eigenvalue weighted by Crippen LogP contribution is -2.57. The Hall–Kier alpha value is -2.16. The van der Waals surface area contributed by atoms with Crippen LogP contribution in [0.25, 0.3) is 0 Å². The molecule has 0 aliphatic carbocycles. The van der Waals surface area contributed by atoms with Crippen molar-refractivity contribution in [1.29, 1.82) is 0 Å². The minimum Gasteiger partial charge on any atom is -0.434 e. The van der Waals surface area contributed by atoms with Crippen molar-refractivity contribution in [3.8, 4) is 5.75 Å². The topological polar surface area (TPSA) is 125 Å². The van der Waals surface area contributed by atoms with E-state index in [1.165, 1.54) is 24.3 Å². The summed E-state index contributed by atoms with van der Waals surface area (Å²) >= 11 is 0. The van der Waals surface area contributed by atoms with Crippen molar-refractivity contribution in [2.24, 2.45) is 0 Å². The first-order chi connectivity index (χ1) is 10.5. The molecule has 22 heavy (non-hydrogen) atoms. The third-order valence-corrected chi connectivity index (χ3v) is 2.87. The van der Waals surface area contributed by atoms with E-state index in [0.717, 1.165) is 0 Å². The van der Waals surface area contributed by atoms with Gasteiger partial charge < -0.3 is 30.1 Å². The third kappa shape index (κ3) is 4.69. The van der Waals surface area contributed by atoms with Crippen molar-refractivity contribution in [2.45, 2.75) is 12.5 Å². The summed E-state index contributed by atoms with van der Waals surface area (Å²) in [7, 11) is 0. The number of carbonyl (C=O) groups is 2. The second kappa shape index (κ2) is 8.32. The van der Waals surface area contributed by atoms with Crippen molar-refractivity contribution >= 4 is 12.1 Å². The Morgan fingerprint density at radius 1 is 1.09 bits per heavy atom. The molecule has 0 radical (unpaired) electrons. The molecule has 1 aromatic carbocycles. The maximum atomic E-state index is 12.0. The number of amides is 1. The van der Waals surface area contributed by atoms with Gasteiger partial charge in [0.05, 0.1) is 26.4 Å². The number of nitrogens with one attached hydrogen (secondary N) is 1. The van der Waals surface area contributed by atoms with Gasteiger partial charge in [-0.15, -0.1) is 0 Å². The zero-order chi connectivity index (χ0) is 16.6. The van der Waals surface area contributed by atoms with Gasteiger partial charge in [-0.05, 0) is 31.2 Å². The molecule has 0 unspecified atom stereocenters. The van der Waals surface area contributed by atoms with Crippen molar-refractivity contribution in [1.82, 2.24) is 5.32 Å². The van der Waals surface area contributed by atoms with Crippen molar-refractivity contribution < 1.29 is 34.4 Å². The highest BCUT2D eigenvalue weighted by Crippen LogP contribution is 2.14. The summed E-state index contributed by atoms with van der Waals surface area (Å²) in [5.74, 6) is -0.396. The highest BCUT2D eigenvalue weighted by Gasteiger charge is 2.30. The van der Waals surface area contributed by atoms with E-state index in [1.807, 2.05) is 0 Å². The standard InChI is InChI=1S/C14H19NO7/c1-2-21-13(20)22-11-5-3-10(4-6-11)12(19)15-14(7-16,8-17)9-18/h3-6,16-18H,2,7-9H2,1H3,(H,15,19). The molecule has 0 bridgehead atoms. The van der Waals surface area contributed by atoms with Gasteiger partial charge in [0.15, 0.2) is 0 Å². The molecule has 0 heterocycles. The van der Waals surface area contributed by atoms with Gasteiger partial charge in [0.2, 0.25) is 0 Å². The average molecular weight is 313 g/mol. The largest absolute Gasteiger partial charge is 0.513 e. The van der Waals surface area contributed by atoms with Crippen LogP contribution in [0.15, 0.2) is 24.3 Å². The van der Waals surface area contributed by atoms with Gasteiger partial charge in [0.25, 0.3) is 5.91 Å². The first-order valence-electron chi connectivity index (χ1n) is 6.60. The third-order valence-electron chi connectivity index (χ3n) is 2.87. The van der Waals surface area contributed by atoms with Gasteiger partial charge in [-0.1, -0.05) is 0 Å². The summed E-state index contributed by atoms with van der Waals surface area (Å²) in [6.07, 6.45) is -0.848. The van der Waals surface area contributed by atoms with E-state index in [1.54, 1.807) is 6.92 Å². The molecule has 8 nitrogen and oxygen atoms in total. The lowest BCUT2D eigenvalue weighted by atomic mass is 10.0. The zero-order valence-corrected chi connectivity index (χ0v) is 12.1. The Labute approximate surface area is 127 Å². The maximum absolute atomic E-state index is 12.0. The first-order valence-corrected chi connectivity index (χ1v) is 6.60. The van der Waals surface area contributed by atoms with Gasteiger partial charge in [-0.3, -0.25) is 4.79 Å². The molecule has 1 amide bonds. The molecule has 0 aliphatic heterocycles. The Morgan fingerprint density at radius 2 is 1.64 bits per heavy atom. The van der Waals surface area contributed by atoms with E-state index in [4.69, 9.17) is 20.1 Å². The number of aliphatic hydroxyl groups excluding tert-OH is 3. The number of rotatable bonds is 7. The number of aliphatic hydroxyl groups is 3. The molecule has 0 spiro atoms. The number of hydrogen-bond acceptors (Lipinski definition) is 7. The first kappa shape index (κ1) is 17.9. The van der Waals surface area contributed by atoms with Crippen LogP contribution in [0.5, 0.6) is 5.75 Å². The number of carbonyl (C=O) groups excluding carboxylic acids is 2. The molecule has 0 saturated heterocycles. The molecule has 8 heteroatoms. The maximum Gasteiger partial charge on any atom is 0.513 e. The molecule has 4 N–H and O–H groups in total. The van der Waals surface area contributed by atoms with Crippen LogP contribution in [-0.2, 0) is 4.74 Å². The monoisotopic (exact) mass is 313 g/mol. The van der Waals surface area contributed by atoms with Crippen molar-refractivity contribution in [3.05, 3.63) is 29.8 Å². The smallest absolute Gasteiger partial charge is 0.434 e. The Morgan fingerprint density at radius 3 is 2.09 bits per heavy atom. The number of benzene rings is 1. The van der Waals surface area contributed by atoms with Gasteiger partial charge in [-0.2, -0.15) is 0 Å². The van der Waals surface area contributed by atoms with E-state index >= 15 is 0 Å². The summed E-state index contributed by atoms with van der Waals surface area (Å²) < 4.78 is 9.45.